The molecule has 0 aromatic heterocycles. The Bertz CT molecular complexity index is 482. The van der Waals surface area contributed by atoms with Crippen molar-refractivity contribution in [2.75, 3.05) is 26.2 Å². The second-order valence-corrected chi connectivity index (χ2v) is 7.19. The molecule has 2 fully saturated rings. The van der Waals surface area contributed by atoms with Crippen LogP contribution in [0.2, 0.25) is 0 Å². The van der Waals surface area contributed by atoms with Crippen molar-refractivity contribution >= 4 is 11.8 Å². The highest BCUT2D eigenvalue weighted by Crippen LogP contribution is 2.24. The lowest BCUT2D eigenvalue weighted by Gasteiger charge is -2.39. The van der Waals surface area contributed by atoms with Crippen LogP contribution in [0.25, 0.3) is 0 Å². The fraction of sp³-hybridized carbons (Fsp3) is 0.875. The first-order chi connectivity index (χ1) is 11.1. The third-order valence-corrected chi connectivity index (χ3v) is 4.79. The summed E-state index contributed by atoms with van der Waals surface area (Å²) in [6.07, 6.45) is -3.25. The number of rotatable bonds is 4. The first-order valence-electron chi connectivity index (χ1n) is 8.49. The molecular formula is C16H26F3N3O2. The monoisotopic (exact) mass is 349 g/mol. The Hall–Kier alpha value is -1.31. The summed E-state index contributed by atoms with van der Waals surface area (Å²) >= 11 is 0. The second-order valence-electron chi connectivity index (χ2n) is 7.19. The Balaban J connectivity index is 1.87. The molecule has 0 aromatic rings. The van der Waals surface area contributed by atoms with E-state index in [4.69, 9.17) is 0 Å². The Morgan fingerprint density at radius 1 is 1.29 bits per heavy atom. The van der Waals surface area contributed by atoms with E-state index in [1.807, 2.05) is 25.7 Å². The predicted molar refractivity (Wildman–Crippen MR) is 83.2 cm³/mol. The largest absolute Gasteiger partial charge is 0.406 e. The number of halogens is 3. The average molecular weight is 349 g/mol. The number of carbonyl (C=O) groups excluding carboxylic acids is 2. The van der Waals surface area contributed by atoms with Crippen molar-refractivity contribution in [3.8, 4) is 0 Å². The van der Waals surface area contributed by atoms with Gasteiger partial charge in [-0.25, -0.2) is 0 Å². The fourth-order valence-electron chi connectivity index (χ4n) is 3.48. The van der Waals surface area contributed by atoms with E-state index in [1.165, 1.54) is 0 Å². The number of alkyl halides is 3. The van der Waals surface area contributed by atoms with Crippen molar-refractivity contribution in [1.29, 1.82) is 0 Å². The molecule has 0 radical (unpaired) electrons. The lowest BCUT2D eigenvalue weighted by molar-refractivity contribution is -0.158. The van der Waals surface area contributed by atoms with E-state index in [1.54, 1.807) is 0 Å². The van der Waals surface area contributed by atoms with Gasteiger partial charge in [0.2, 0.25) is 11.8 Å². The van der Waals surface area contributed by atoms with Crippen LogP contribution in [0.15, 0.2) is 0 Å². The molecule has 2 aliphatic heterocycles. The zero-order valence-corrected chi connectivity index (χ0v) is 14.4. The van der Waals surface area contributed by atoms with Gasteiger partial charge >= 0.3 is 6.18 Å². The average Bonchev–Trinajstić information content (AvgIpc) is 2.79. The molecule has 0 aromatic carbocycles. The first kappa shape index (κ1) is 19.0. The summed E-state index contributed by atoms with van der Waals surface area (Å²) in [4.78, 5) is 26.9. The van der Waals surface area contributed by atoms with Gasteiger partial charge in [-0.15, -0.1) is 0 Å². The molecule has 138 valence electrons. The third-order valence-electron chi connectivity index (χ3n) is 4.79. The molecule has 8 heteroatoms. The van der Waals surface area contributed by atoms with E-state index < -0.39 is 24.7 Å². The summed E-state index contributed by atoms with van der Waals surface area (Å²) in [5.74, 6) is -0.242. The number of piperidine rings is 1. The molecule has 0 unspecified atom stereocenters. The molecule has 24 heavy (non-hydrogen) atoms. The minimum Gasteiger partial charge on any atom is -0.342 e. The molecular weight excluding hydrogens is 323 g/mol. The quantitative estimate of drug-likeness (QED) is 0.839. The van der Waals surface area contributed by atoms with E-state index in [0.29, 0.717) is 25.9 Å². The molecule has 2 amide bonds. The molecule has 0 aliphatic carbocycles. The summed E-state index contributed by atoms with van der Waals surface area (Å²) in [6.45, 7) is 5.92. The molecule has 1 N–H and O–H groups in total. The highest BCUT2D eigenvalue weighted by Gasteiger charge is 2.41. The van der Waals surface area contributed by atoms with E-state index in [2.05, 4.69) is 5.32 Å². The van der Waals surface area contributed by atoms with Gasteiger partial charge in [0.25, 0.3) is 0 Å². The summed E-state index contributed by atoms with van der Waals surface area (Å²) < 4.78 is 37.4. The van der Waals surface area contributed by atoms with Crippen LogP contribution in [-0.4, -0.2) is 66.1 Å². The maximum atomic E-state index is 12.5. The lowest BCUT2D eigenvalue weighted by Crippen LogP contribution is -2.54. The summed E-state index contributed by atoms with van der Waals surface area (Å²) in [6, 6.07) is -0.506. The molecule has 5 nitrogen and oxygen atoms in total. The minimum absolute atomic E-state index is 0.0426. The summed E-state index contributed by atoms with van der Waals surface area (Å²) in [7, 11) is 0. The van der Waals surface area contributed by atoms with E-state index in [0.717, 1.165) is 4.90 Å². The van der Waals surface area contributed by atoms with Crippen molar-refractivity contribution in [2.24, 2.45) is 11.8 Å². The van der Waals surface area contributed by atoms with Crippen LogP contribution in [0.4, 0.5) is 13.2 Å². The Morgan fingerprint density at radius 2 is 1.96 bits per heavy atom. The fourth-order valence-corrected chi connectivity index (χ4v) is 3.48. The van der Waals surface area contributed by atoms with Crippen molar-refractivity contribution in [2.45, 2.75) is 51.9 Å². The molecule has 3 atom stereocenters. The van der Waals surface area contributed by atoms with E-state index in [-0.39, 0.29) is 30.3 Å². The molecule has 2 saturated heterocycles. The van der Waals surface area contributed by atoms with Crippen LogP contribution < -0.4 is 5.32 Å². The van der Waals surface area contributed by atoms with Crippen LogP contribution in [0, 0.1) is 11.8 Å². The van der Waals surface area contributed by atoms with Crippen LogP contribution in [0.3, 0.4) is 0 Å². The van der Waals surface area contributed by atoms with Crippen molar-refractivity contribution in [1.82, 2.24) is 15.1 Å². The van der Waals surface area contributed by atoms with Gasteiger partial charge < -0.3 is 15.1 Å². The van der Waals surface area contributed by atoms with Gasteiger partial charge in [0.1, 0.15) is 6.54 Å². The topological polar surface area (TPSA) is 52.7 Å². The molecule has 0 saturated carbocycles. The van der Waals surface area contributed by atoms with Gasteiger partial charge in [-0.2, -0.15) is 13.2 Å². The highest BCUT2D eigenvalue weighted by atomic mass is 19.4. The van der Waals surface area contributed by atoms with Gasteiger partial charge in [0.05, 0.1) is 6.04 Å². The van der Waals surface area contributed by atoms with E-state index >= 15 is 0 Å². The number of hydrogen-bond acceptors (Lipinski definition) is 3. The van der Waals surface area contributed by atoms with Crippen LogP contribution in [0.5, 0.6) is 0 Å². The van der Waals surface area contributed by atoms with Crippen LogP contribution in [0.1, 0.15) is 33.6 Å². The SMILES string of the molecule is CC(C)C(=O)N1CC[C@H](N[C@H]2CCN(CC(F)(F)F)C2=O)[C@H](C)C1. The van der Waals surface area contributed by atoms with Gasteiger partial charge in [-0.1, -0.05) is 20.8 Å². The second kappa shape index (κ2) is 7.29. The maximum Gasteiger partial charge on any atom is 0.406 e. The maximum absolute atomic E-state index is 12.5. The lowest BCUT2D eigenvalue weighted by atomic mass is 9.92. The van der Waals surface area contributed by atoms with Crippen molar-refractivity contribution in [3.05, 3.63) is 0 Å². The number of likely N-dealkylation sites (tertiary alicyclic amines) is 2. The Morgan fingerprint density at radius 3 is 2.50 bits per heavy atom. The zero-order chi connectivity index (χ0) is 18.1. The summed E-state index contributed by atoms with van der Waals surface area (Å²) in [5, 5.41) is 3.23. The van der Waals surface area contributed by atoms with Crippen LogP contribution in [-0.2, 0) is 9.59 Å². The summed E-state index contributed by atoms with van der Waals surface area (Å²) in [5.41, 5.74) is 0. The van der Waals surface area contributed by atoms with Crippen molar-refractivity contribution < 1.29 is 22.8 Å². The number of carbonyl (C=O) groups is 2. The van der Waals surface area contributed by atoms with Gasteiger partial charge in [0, 0.05) is 31.6 Å². The standard InChI is InChI=1S/C16H26F3N3O2/c1-10(2)14(23)21-6-4-12(11(3)8-21)20-13-5-7-22(15(13)24)9-16(17,18)19/h10-13,20H,4-9H2,1-3H3/t11-,12+,13+/m1/s1. The number of amides is 2. The molecule has 2 heterocycles. The van der Waals surface area contributed by atoms with Crippen LogP contribution >= 0.6 is 0 Å². The predicted octanol–water partition coefficient (Wildman–Crippen LogP) is 1.63. The third kappa shape index (κ3) is 4.62. The number of nitrogens with one attached hydrogen (secondary N) is 1. The van der Waals surface area contributed by atoms with E-state index in [9.17, 15) is 22.8 Å². The molecule has 2 rings (SSSR count). The molecule has 0 spiro atoms. The van der Waals surface area contributed by atoms with Gasteiger partial charge in [0.15, 0.2) is 0 Å². The van der Waals surface area contributed by atoms with Gasteiger partial charge in [-0.05, 0) is 18.8 Å². The first-order valence-corrected chi connectivity index (χ1v) is 8.49. The normalized spacial score (nSPS) is 28.8. The zero-order valence-electron chi connectivity index (χ0n) is 14.4. The molecule has 2 aliphatic rings. The molecule has 0 bridgehead atoms. The minimum atomic E-state index is -4.36. The van der Waals surface area contributed by atoms with Crippen molar-refractivity contribution in [3.63, 3.8) is 0 Å². The number of nitrogens with zero attached hydrogens (tertiary/aromatic N) is 2. The van der Waals surface area contributed by atoms with Gasteiger partial charge in [-0.3, -0.25) is 9.59 Å². The Labute approximate surface area is 140 Å². The smallest absolute Gasteiger partial charge is 0.342 e. The number of hydrogen-bond donors (Lipinski definition) is 1. The highest BCUT2D eigenvalue weighted by molar-refractivity contribution is 5.84. The Kier molecular flexibility index (Phi) is 5.78.